The van der Waals surface area contributed by atoms with Gasteiger partial charge in [-0.15, -0.1) is 0 Å². The van der Waals surface area contributed by atoms with Crippen LogP contribution < -0.4 is 5.73 Å². The first-order chi connectivity index (χ1) is 9.40. The van der Waals surface area contributed by atoms with Gasteiger partial charge in [0.2, 0.25) is 0 Å². The molecule has 1 aromatic rings. The molecule has 114 valence electrons. The number of benzene rings is 1. The van der Waals surface area contributed by atoms with E-state index in [1.54, 1.807) is 12.1 Å². The zero-order valence-electron chi connectivity index (χ0n) is 12.7. The molecule has 2 atom stereocenters. The smallest absolute Gasteiger partial charge is 0.123 e. The lowest BCUT2D eigenvalue weighted by Crippen LogP contribution is -2.44. The molecule has 0 amide bonds. The second-order valence-corrected chi connectivity index (χ2v) is 6.21. The van der Waals surface area contributed by atoms with Gasteiger partial charge in [0, 0.05) is 29.6 Å². The highest BCUT2D eigenvalue weighted by Crippen LogP contribution is 2.29. The van der Waals surface area contributed by atoms with Crippen LogP contribution in [0.1, 0.15) is 25.5 Å². The van der Waals surface area contributed by atoms with Crippen molar-refractivity contribution in [2.75, 3.05) is 33.7 Å². The normalized spacial score (nSPS) is 14.8. The number of nitrogens with zero attached hydrogens (tertiary/aromatic N) is 2. The van der Waals surface area contributed by atoms with Gasteiger partial charge in [0.15, 0.2) is 0 Å². The second kappa shape index (κ2) is 8.08. The van der Waals surface area contributed by atoms with Crippen molar-refractivity contribution < 1.29 is 4.39 Å². The van der Waals surface area contributed by atoms with Gasteiger partial charge < -0.3 is 10.6 Å². The van der Waals surface area contributed by atoms with Crippen molar-refractivity contribution in [3.8, 4) is 0 Å². The zero-order chi connectivity index (χ0) is 15.3. The molecule has 2 N–H and O–H groups in total. The molecule has 1 aromatic carbocycles. The Morgan fingerprint density at radius 1 is 1.35 bits per heavy atom. The predicted octanol–water partition coefficient (Wildman–Crippen LogP) is 2.86. The Labute approximate surface area is 130 Å². The van der Waals surface area contributed by atoms with Gasteiger partial charge in [0.1, 0.15) is 5.82 Å². The van der Waals surface area contributed by atoms with Crippen LogP contribution in [0.3, 0.4) is 0 Å². The SMILES string of the molecule is CCN(C(C)CN(C)C)C(CN)c1cc(F)ccc1Br. The summed E-state index contributed by atoms with van der Waals surface area (Å²) in [6, 6.07) is 5.14. The van der Waals surface area contributed by atoms with E-state index >= 15 is 0 Å². The van der Waals surface area contributed by atoms with Gasteiger partial charge in [-0.1, -0.05) is 22.9 Å². The van der Waals surface area contributed by atoms with Crippen molar-refractivity contribution in [1.29, 1.82) is 0 Å². The molecule has 0 aliphatic carbocycles. The highest BCUT2D eigenvalue weighted by molar-refractivity contribution is 9.10. The van der Waals surface area contributed by atoms with Gasteiger partial charge in [-0.2, -0.15) is 0 Å². The Hall–Kier alpha value is -0.490. The Bertz CT molecular complexity index is 426. The van der Waals surface area contributed by atoms with Crippen molar-refractivity contribution in [2.24, 2.45) is 5.73 Å². The molecule has 0 radical (unpaired) electrons. The minimum Gasteiger partial charge on any atom is -0.329 e. The molecule has 0 aliphatic heterocycles. The number of hydrogen-bond acceptors (Lipinski definition) is 3. The molecule has 0 aliphatic rings. The largest absolute Gasteiger partial charge is 0.329 e. The van der Waals surface area contributed by atoms with Gasteiger partial charge in [0.05, 0.1) is 0 Å². The van der Waals surface area contributed by atoms with Crippen LogP contribution in [0.4, 0.5) is 4.39 Å². The molecule has 0 spiro atoms. The first-order valence-electron chi connectivity index (χ1n) is 6.96. The quantitative estimate of drug-likeness (QED) is 0.824. The maximum atomic E-state index is 13.5. The third-order valence-corrected chi connectivity index (χ3v) is 4.22. The third-order valence-electron chi connectivity index (χ3n) is 3.50. The average Bonchev–Trinajstić information content (AvgIpc) is 2.38. The third kappa shape index (κ3) is 4.52. The summed E-state index contributed by atoms with van der Waals surface area (Å²) in [4.78, 5) is 4.47. The van der Waals surface area contributed by atoms with Gasteiger partial charge in [-0.05, 0) is 51.3 Å². The van der Waals surface area contributed by atoms with Crippen LogP contribution >= 0.6 is 15.9 Å². The molecule has 2 unspecified atom stereocenters. The van der Waals surface area contributed by atoms with E-state index in [-0.39, 0.29) is 11.9 Å². The average molecular weight is 346 g/mol. The van der Waals surface area contributed by atoms with Crippen molar-refractivity contribution in [3.63, 3.8) is 0 Å². The number of hydrogen-bond donors (Lipinski definition) is 1. The number of nitrogens with two attached hydrogens (primary N) is 1. The summed E-state index contributed by atoms with van der Waals surface area (Å²) in [5.41, 5.74) is 6.89. The van der Waals surface area contributed by atoms with E-state index in [0.29, 0.717) is 12.6 Å². The maximum Gasteiger partial charge on any atom is 0.123 e. The molecule has 0 bridgehead atoms. The fourth-order valence-electron chi connectivity index (χ4n) is 2.68. The highest BCUT2D eigenvalue weighted by Gasteiger charge is 2.24. The fourth-order valence-corrected chi connectivity index (χ4v) is 3.19. The van der Waals surface area contributed by atoms with E-state index in [1.807, 2.05) is 0 Å². The summed E-state index contributed by atoms with van der Waals surface area (Å²) >= 11 is 3.51. The summed E-state index contributed by atoms with van der Waals surface area (Å²) in [6.07, 6.45) is 0. The van der Waals surface area contributed by atoms with Crippen LogP contribution in [0.2, 0.25) is 0 Å². The van der Waals surface area contributed by atoms with Crippen LogP contribution in [0.5, 0.6) is 0 Å². The van der Waals surface area contributed by atoms with Crippen molar-refractivity contribution in [3.05, 3.63) is 34.1 Å². The lowest BCUT2D eigenvalue weighted by molar-refractivity contribution is 0.130. The lowest BCUT2D eigenvalue weighted by Gasteiger charge is -2.37. The molecule has 20 heavy (non-hydrogen) atoms. The van der Waals surface area contributed by atoms with E-state index in [9.17, 15) is 4.39 Å². The van der Waals surface area contributed by atoms with Gasteiger partial charge in [0.25, 0.3) is 0 Å². The van der Waals surface area contributed by atoms with Gasteiger partial charge >= 0.3 is 0 Å². The van der Waals surface area contributed by atoms with Crippen LogP contribution in [-0.2, 0) is 0 Å². The van der Waals surface area contributed by atoms with E-state index in [0.717, 1.165) is 23.1 Å². The zero-order valence-corrected chi connectivity index (χ0v) is 14.3. The fraction of sp³-hybridized carbons (Fsp3) is 0.600. The van der Waals surface area contributed by atoms with Gasteiger partial charge in [-0.3, -0.25) is 4.90 Å². The summed E-state index contributed by atoms with van der Waals surface area (Å²) in [6.45, 7) is 6.58. The van der Waals surface area contributed by atoms with Crippen LogP contribution in [-0.4, -0.2) is 49.6 Å². The number of rotatable bonds is 7. The summed E-state index contributed by atoms with van der Waals surface area (Å²) in [5, 5.41) is 0. The molecule has 0 fully saturated rings. The van der Waals surface area contributed by atoms with E-state index in [4.69, 9.17) is 5.73 Å². The molecule has 0 saturated carbocycles. The Morgan fingerprint density at radius 3 is 2.50 bits per heavy atom. The van der Waals surface area contributed by atoms with E-state index in [1.165, 1.54) is 6.07 Å². The van der Waals surface area contributed by atoms with Crippen LogP contribution in [0.25, 0.3) is 0 Å². The summed E-state index contributed by atoms with van der Waals surface area (Å²) in [7, 11) is 4.11. The van der Waals surface area contributed by atoms with E-state index < -0.39 is 0 Å². The first kappa shape index (κ1) is 17.6. The molecule has 5 heteroatoms. The van der Waals surface area contributed by atoms with Crippen molar-refractivity contribution in [2.45, 2.75) is 25.9 Å². The van der Waals surface area contributed by atoms with Crippen LogP contribution in [0.15, 0.2) is 22.7 Å². The molecular weight excluding hydrogens is 321 g/mol. The number of likely N-dealkylation sites (N-methyl/N-ethyl adjacent to an activating group) is 2. The number of halogens is 2. The van der Waals surface area contributed by atoms with E-state index in [2.05, 4.69) is 53.7 Å². The van der Waals surface area contributed by atoms with Crippen LogP contribution in [0, 0.1) is 5.82 Å². The Balaban J connectivity index is 3.05. The molecule has 1 rings (SSSR count). The molecule has 0 saturated heterocycles. The topological polar surface area (TPSA) is 32.5 Å². The van der Waals surface area contributed by atoms with Gasteiger partial charge in [-0.25, -0.2) is 4.39 Å². The Kier molecular flexibility index (Phi) is 7.09. The first-order valence-corrected chi connectivity index (χ1v) is 7.75. The predicted molar refractivity (Wildman–Crippen MR) is 86.3 cm³/mol. The summed E-state index contributed by atoms with van der Waals surface area (Å²) in [5.74, 6) is -0.224. The minimum atomic E-state index is -0.224. The minimum absolute atomic E-state index is 0.0139. The molecular formula is C15H25BrFN3. The molecule has 3 nitrogen and oxygen atoms in total. The Morgan fingerprint density at radius 2 is 2.00 bits per heavy atom. The maximum absolute atomic E-state index is 13.5. The van der Waals surface area contributed by atoms with Crippen molar-refractivity contribution >= 4 is 15.9 Å². The monoisotopic (exact) mass is 345 g/mol. The lowest BCUT2D eigenvalue weighted by atomic mass is 10.0. The molecule has 0 aromatic heterocycles. The standard InChI is InChI=1S/C15H25BrFN3/c1-5-20(11(2)10-19(3)4)15(9-18)13-8-12(17)6-7-14(13)16/h6-8,11,15H,5,9-10,18H2,1-4H3. The summed E-state index contributed by atoms with van der Waals surface area (Å²) < 4.78 is 14.4. The van der Waals surface area contributed by atoms with Crippen molar-refractivity contribution in [1.82, 2.24) is 9.80 Å². The molecule has 0 heterocycles. The second-order valence-electron chi connectivity index (χ2n) is 5.36. The highest BCUT2D eigenvalue weighted by atomic mass is 79.9.